The SMILES string of the molecule is Cn1cnc([N+](=O)[O-])c1N(CCCO)C1CCC1. The van der Waals surface area contributed by atoms with E-state index in [-0.39, 0.29) is 12.4 Å². The summed E-state index contributed by atoms with van der Waals surface area (Å²) in [6, 6.07) is 0.339. The zero-order valence-corrected chi connectivity index (χ0v) is 10.4. The molecule has 0 bridgehead atoms. The third-order valence-corrected chi connectivity index (χ3v) is 3.40. The van der Waals surface area contributed by atoms with Crippen LogP contribution in [-0.2, 0) is 7.05 Å². The predicted molar refractivity (Wildman–Crippen MR) is 66.6 cm³/mol. The van der Waals surface area contributed by atoms with Crippen molar-refractivity contribution in [2.75, 3.05) is 18.1 Å². The molecule has 100 valence electrons. The maximum Gasteiger partial charge on any atom is 0.406 e. The molecule has 1 N–H and O–H groups in total. The molecule has 7 nitrogen and oxygen atoms in total. The summed E-state index contributed by atoms with van der Waals surface area (Å²) in [5.74, 6) is 0.459. The fourth-order valence-electron chi connectivity index (χ4n) is 2.27. The fraction of sp³-hybridized carbons (Fsp3) is 0.727. The molecule has 1 aromatic rings. The molecule has 1 aliphatic rings. The van der Waals surface area contributed by atoms with Gasteiger partial charge >= 0.3 is 5.82 Å². The van der Waals surface area contributed by atoms with Gasteiger partial charge in [-0.1, -0.05) is 0 Å². The minimum atomic E-state index is -0.444. The third-order valence-electron chi connectivity index (χ3n) is 3.40. The normalized spacial score (nSPS) is 15.4. The van der Waals surface area contributed by atoms with Crippen molar-refractivity contribution in [3.63, 3.8) is 0 Å². The number of imidazole rings is 1. The van der Waals surface area contributed by atoms with Crippen LogP contribution in [0.25, 0.3) is 0 Å². The number of aryl methyl sites for hydroxylation is 1. The Balaban J connectivity index is 2.28. The highest BCUT2D eigenvalue weighted by Crippen LogP contribution is 2.34. The molecule has 0 aromatic carbocycles. The van der Waals surface area contributed by atoms with Crippen LogP contribution in [0.5, 0.6) is 0 Å². The van der Waals surface area contributed by atoms with E-state index in [0.717, 1.165) is 19.3 Å². The summed E-state index contributed by atoms with van der Waals surface area (Å²) >= 11 is 0. The van der Waals surface area contributed by atoms with Crippen LogP contribution >= 0.6 is 0 Å². The number of aliphatic hydroxyl groups is 1. The fourth-order valence-corrected chi connectivity index (χ4v) is 2.27. The average Bonchev–Trinajstić information content (AvgIpc) is 2.63. The van der Waals surface area contributed by atoms with E-state index in [0.29, 0.717) is 24.8 Å². The molecule has 2 rings (SSSR count). The summed E-state index contributed by atoms with van der Waals surface area (Å²) in [6.07, 6.45) is 5.34. The molecule has 1 heterocycles. The molecule has 7 heteroatoms. The molecule has 1 aromatic heterocycles. The molecule has 18 heavy (non-hydrogen) atoms. The Labute approximate surface area is 105 Å². The molecule has 0 unspecified atom stereocenters. The van der Waals surface area contributed by atoms with Crippen LogP contribution < -0.4 is 4.90 Å². The summed E-state index contributed by atoms with van der Waals surface area (Å²) < 4.78 is 1.69. The smallest absolute Gasteiger partial charge is 0.396 e. The highest BCUT2D eigenvalue weighted by atomic mass is 16.6. The van der Waals surface area contributed by atoms with Crippen LogP contribution in [0.3, 0.4) is 0 Å². The van der Waals surface area contributed by atoms with E-state index in [1.54, 1.807) is 11.6 Å². The molecule has 0 spiro atoms. The molecule has 0 atom stereocenters. The van der Waals surface area contributed by atoms with Gasteiger partial charge in [-0.25, -0.2) is 0 Å². The molecule has 1 aliphatic carbocycles. The molecular formula is C11H18N4O3. The molecule has 1 fully saturated rings. The number of aliphatic hydroxyl groups excluding tert-OH is 1. The topological polar surface area (TPSA) is 84.4 Å². The van der Waals surface area contributed by atoms with E-state index in [2.05, 4.69) is 4.98 Å². The highest BCUT2D eigenvalue weighted by Gasteiger charge is 2.32. The van der Waals surface area contributed by atoms with E-state index < -0.39 is 4.92 Å². The number of hydrogen-bond acceptors (Lipinski definition) is 5. The summed E-state index contributed by atoms with van der Waals surface area (Å²) in [5, 5.41) is 19.9. The molecular weight excluding hydrogens is 236 g/mol. The Morgan fingerprint density at radius 1 is 1.67 bits per heavy atom. The van der Waals surface area contributed by atoms with Gasteiger partial charge in [0.1, 0.15) is 0 Å². The zero-order valence-electron chi connectivity index (χ0n) is 10.4. The molecule has 0 radical (unpaired) electrons. The van der Waals surface area contributed by atoms with Gasteiger partial charge in [0.05, 0.1) is 0 Å². The first-order valence-corrected chi connectivity index (χ1v) is 6.18. The van der Waals surface area contributed by atoms with E-state index >= 15 is 0 Å². The van der Waals surface area contributed by atoms with Crippen molar-refractivity contribution >= 4 is 11.6 Å². The Kier molecular flexibility index (Phi) is 3.81. The highest BCUT2D eigenvalue weighted by molar-refractivity contribution is 5.55. The number of rotatable bonds is 6. The van der Waals surface area contributed by atoms with Crippen LogP contribution in [0.1, 0.15) is 25.7 Å². The lowest BCUT2D eigenvalue weighted by Gasteiger charge is -2.38. The summed E-state index contributed by atoms with van der Waals surface area (Å²) in [5.41, 5.74) is 0. The maximum atomic E-state index is 11.0. The Bertz CT molecular complexity index is 428. The molecule has 1 saturated carbocycles. The summed E-state index contributed by atoms with van der Waals surface area (Å²) in [4.78, 5) is 16.4. The van der Waals surface area contributed by atoms with Gasteiger partial charge in [0, 0.05) is 26.2 Å². The average molecular weight is 254 g/mol. The Hall–Kier alpha value is -1.63. The Morgan fingerprint density at radius 2 is 2.39 bits per heavy atom. The lowest BCUT2D eigenvalue weighted by molar-refractivity contribution is -0.388. The van der Waals surface area contributed by atoms with E-state index in [1.165, 1.54) is 6.33 Å². The quantitative estimate of drug-likeness (QED) is 0.606. The van der Waals surface area contributed by atoms with Gasteiger partial charge in [-0.05, 0) is 35.6 Å². The van der Waals surface area contributed by atoms with Crippen LogP contribution in [0.2, 0.25) is 0 Å². The van der Waals surface area contributed by atoms with Crippen molar-refractivity contribution in [2.24, 2.45) is 7.05 Å². The summed E-state index contributed by atoms with van der Waals surface area (Å²) in [6.45, 7) is 0.719. The summed E-state index contributed by atoms with van der Waals surface area (Å²) in [7, 11) is 1.76. The largest absolute Gasteiger partial charge is 0.406 e. The van der Waals surface area contributed by atoms with Crippen molar-refractivity contribution in [1.29, 1.82) is 0 Å². The van der Waals surface area contributed by atoms with Gasteiger partial charge in [0.2, 0.25) is 12.1 Å². The van der Waals surface area contributed by atoms with Gasteiger partial charge in [0.25, 0.3) is 0 Å². The zero-order chi connectivity index (χ0) is 13.1. The van der Waals surface area contributed by atoms with Crippen molar-refractivity contribution in [3.05, 3.63) is 16.4 Å². The third kappa shape index (κ3) is 2.31. The standard InChI is InChI=1S/C11H18N4O3/c1-13-8-12-10(15(17)18)11(13)14(6-3-7-16)9-4-2-5-9/h8-9,16H,2-7H2,1H3. The first kappa shape index (κ1) is 12.8. The van der Waals surface area contributed by atoms with Crippen molar-refractivity contribution in [3.8, 4) is 0 Å². The second-order valence-electron chi connectivity index (χ2n) is 4.62. The monoisotopic (exact) mass is 254 g/mol. The molecule has 0 saturated heterocycles. The first-order chi connectivity index (χ1) is 8.65. The van der Waals surface area contributed by atoms with Crippen molar-refractivity contribution in [1.82, 2.24) is 9.55 Å². The second kappa shape index (κ2) is 5.34. The van der Waals surface area contributed by atoms with Gasteiger partial charge in [-0.2, -0.15) is 0 Å². The van der Waals surface area contributed by atoms with Crippen LogP contribution in [0.4, 0.5) is 11.6 Å². The molecule has 0 amide bonds. The van der Waals surface area contributed by atoms with Gasteiger partial charge in [0.15, 0.2) is 0 Å². The predicted octanol–water partition coefficient (Wildman–Crippen LogP) is 1.07. The lowest BCUT2D eigenvalue weighted by atomic mass is 9.91. The number of anilines is 1. The van der Waals surface area contributed by atoms with Gasteiger partial charge < -0.3 is 20.1 Å². The number of hydrogen-bond donors (Lipinski definition) is 1. The minimum absolute atomic E-state index is 0.0921. The first-order valence-electron chi connectivity index (χ1n) is 6.18. The maximum absolute atomic E-state index is 11.0. The van der Waals surface area contributed by atoms with Gasteiger partial charge in [-0.3, -0.25) is 4.57 Å². The lowest BCUT2D eigenvalue weighted by Crippen LogP contribution is -2.42. The minimum Gasteiger partial charge on any atom is -0.396 e. The van der Waals surface area contributed by atoms with Crippen LogP contribution in [-0.4, -0.2) is 38.8 Å². The number of nitro groups is 1. The number of aromatic nitrogens is 2. The molecule has 0 aliphatic heterocycles. The van der Waals surface area contributed by atoms with E-state index in [4.69, 9.17) is 5.11 Å². The second-order valence-corrected chi connectivity index (χ2v) is 4.62. The van der Waals surface area contributed by atoms with Crippen LogP contribution in [0, 0.1) is 10.1 Å². The van der Waals surface area contributed by atoms with Crippen molar-refractivity contribution in [2.45, 2.75) is 31.7 Å². The Morgan fingerprint density at radius 3 is 2.89 bits per heavy atom. The van der Waals surface area contributed by atoms with Gasteiger partial charge in [-0.15, -0.1) is 0 Å². The van der Waals surface area contributed by atoms with Crippen LogP contribution in [0.15, 0.2) is 6.33 Å². The van der Waals surface area contributed by atoms with Crippen molar-refractivity contribution < 1.29 is 10.0 Å². The number of nitrogens with zero attached hydrogens (tertiary/aromatic N) is 4. The van der Waals surface area contributed by atoms with E-state index in [9.17, 15) is 10.1 Å². The van der Waals surface area contributed by atoms with E-state index in [1.807, 2.05) is 4.90 Å².